The van der Waals surface area contributed by atoms with Crippen LogP contribution in [0.2, 0.25) is 0 Å². The summed E-state index contributed by atoms with van der Waals surface area (Å²) < 4.78 is 40.4. The van der Waals surface area contributed by atoms with Crippen LogP contribution in [0.25, 0.3) is 16.7 Å². The molecule has 31 heavy (non-hydrogen) atoms. The lowest BCUT2D eigenvalue weighted by Gasteiger charge is -2.14. The van der Waals surface area contributed by atoms with Gasteiger partial charge in [-0.1, -0.05) is 17.9 Å². The number of alkyl halides is 3. The molecule has 1 aromatic carbocycles. The van der Waals surface area contributed by atoms with Crippen LogP contribution in [-0.2, 0) is 6.18 Å². The zero-order valence-corrected chi connectivity index (χ0v) is 16.3. The number of carbonyl (C=O) groups is 1. The Kier molecular flexibility index (Phi) is 4.91. The number of β-amino-alcohol motifs (C(OH)–C–C–N with tert-alkyl or cyclic N) is 1. The number of primary amides is 1. The number of hydrogen-bond donors (Lipinski definition) is 2. The molecular weight excluding hydrogens is 413 g/mol. The zero-order valence-electron chi connectivity index (χ0n) is 16.3. The van der Waals surface area contributed by atoms with Crippen LogP contribution in [-0.4, -0.2) is 61.4 Å². The van der Waals surface area contributed by atoms with Crippen molar-refractivity contribution in [3.63, 3.8) is 0 Å². The second-order valence-corrected chi connectivity index (χ2v) is 7.37. The van der Waals surface area contributed by atoms with Gasteiger partial charge in [0.05, 0.1) is 11.1 Å². The number of carbonyl (C=O) groups excluding carboxylic acids is 1. The molecule has 1 fully saturated rings. The normalized spacial score (nSPS) is 19.4. The van der Waals surface area contributed by atoms with Gasteiger partial charge < -0.3 is 15.7 Å². The van der Waals surface area contributed by atoms with Crippen molar-refractivity contribution >= 4 is 16.9 Å². The minimum atomic E-state index is -4.77. The fraction of sp³-hybridized carbons (Fsp3) is 0.300. The summed E-state index contributed by atoms with van der Waals surface area (Å²) in [5, 5.41) is 14.6. The first-order valence-electron chi connectivity index (χ1n) is 9.23. The van der Waals surface area contributed by atoms with Crippen molar-refractivity contribution in [3.05, 3.63) is 47.5 Å². The van der Waals surface area contributed by atoms with Gasteiger partial charge in [0.25, 0.3) is 5.91 Å². The summed E-state index contributed by atoms with van der Waals surface area (Å²) in [4.78, 5) is 20.5. The van der Waals surface area contributed by atoms with Crippen LogP contribution in [0.5, 0.6) is 0 Å². The Morgan fingerprint density at radius 1 is 1.35 bits per heavy atom. The highest BCUT2D eigenvalue weighted by molar-refractivity contribution is 6.03. The number of halogens is 3. The summed E-state index contributed by atoms with van der Waals surface area (Å²) in [7, 11) is 1.89. The summed E-state index contributed by atoms with van der Waals surface area (Å²) in [6.07, 6.45) is -3.38. The molecule has 3 heterocycles. The molecule has 3 N–H and O–H groups in total. The number of aromatic nitrogens is 4. The maximum Gasteiger partial charge on any atom is 0.451 e. The highest BCUT2D eigenvalue weighted by atomic mass is 19.4. The number of nitrogens with two attached hydrogens (primary N) is 1. The van der Waals surface area contributed by atoms with Gasteiger partial charge in [-0.2, -0.15) is 18.3 Å². The Balaban J connectivity index is 1.80. The number of rotatable bonds is 2. The van der Waals surface area contributed by atoms with Gasteiger partial charge in [-0.25, -0.2) is 14.6 Å². The second kappa shape index (κ2) is 7.33. The fourth-order valence-electron chi connectivity index (χ4n) is 3.39. The number of nitrogens with zero attached hydrogens (tertiary/aromatic N) is 5. The van der Waals surface area contributed by atoms with E-state index in [1.165, 1.54) is 0 Å². The Labute approximate surface area is 174 Å². The highest BCUT2D eigenvalue weighted by Gasteiger charge is 2.36. The smallest absolute Gasteiger partial charge is 0.376 e. The molecule has 0 saturated carbocycles. The summed E-state index contributed by atoms with van der Waals surface area (Å²) in [5.74, 6) is 3.48. The molecule has 0 bridgehead atoms. The van der Waals surface area contributed by atoms with E-state index in [0.717, 1.165) is 17.4 Å². The van der Waals surface area contributed by atoms with Gasteiger partial charge in [-0.15, -0.1) is 0 Å². The van der Waals surface area contributed by atoms with E-state index in [-0.39, 0.29) is 16.7 Å². The predicted molar refractivity (Wildman–Crippen MR) is 104 cm³/mol. The van der Waals surface area contributed by atoms with Crippen molar-refractivity contribution in [2.24, 2.45) is 5.73 Å². The first kappa shape index (κ1) is 20.8. The lowest BCUT2D eigenvalue weighted by atomic mass is 10.0. The van der Waals surface area contributed by atoms with Crippen LogP contribution in [0.1, 0.15) is 28.3 Å². The fourth-order valence-corrected chi connectivity index (χ4v) is 3.39. The number of amides is 1. The van der Waals surface area contributed by atoms with Crippen molar-refractivity contribution in [1.29, 1.82) is 0 Å². The number of likely N-dealkylation sites (N-methyl/N-ethyl adjacent to an activating group) is 1. The Morgan fingerprint density at radius 3 is 2.77 bits per heavy atom. The average Bonchev–Trinajstić information content (AvgIpc) is 3.26. The summed E-state index contributed by atoms with van der Waals surface area (Å²) in [5.41, 5.74) is 4.57. The molecule has 0 aliphatic carbocycles. The molecule has 1 saturated heterocycles. The molecule has 1 aliphatic heterocycles. The third-order valence-corrected chi connectivity index (χ3v) is 4.88. The number of fused-ring (bicyclic) bond motifs is 1. The third-order valence-electron chi connectivity index (χ3n) is 4.88. The minimum absolute atomic E-state index is 0.000270. The van der Waals surface area contributed by atoms with Gasteiger partial charge >= 0.3 is 6.18 Å². The maximum atomic E-state index is 13.1. The summed E-state index contributed by atoms with van der Waals surface area (Å²) in [6, 6.07) is 6.47. The molecule has 8 nitrogen and oxygen atoms in total. The Morgan fingerprint density at radius 2 is 2.13 bits per heavy atom. The molecule has 1 aliphatic rings. The van der Waals surface area contributed by atoms with Gasteiger partial charge in [0.15, 0.2) is 11.3 Å². The molecule has 2 aromatic heterocycles. The molecule has 4 rings (SSSR count). The summed E-state index contributed by atoms with van der Waals surface area (Å²) in [6.45, 7) is 1.14. The van der Waals surface area contributed by atoms with Gasteiger partial charge in [-0.05, 0) is 25.2 Å². The predicted octanol–water partition coefficient (Wildman–Crippen LogP) is 1.35. The van der Waals surface area contributed by atoms with Crippen LogP contribution in [0.4, 0.5) is 13.2 Å². The van der Waals surface area contributed by atoms with Gasteiger partial charge in [0.2, 0.25) is 5.82 Å². The topological polar surface area (TPSA) is 110 Å². The SMILES string of the molecule is CN1CC[C@@](O)(C#Cc2cccc(-n3nc(C(N)=O)c4cnc(C(F)(F)F)nc43)c2)C1. The second-order valence-electron chi connectivity index (χ2n) is 7.37. The van der Waals surface area contributed by atoms with E-state index >= 15 is 0 Å². The van der Waals surface area contributed by atoms with Crippen molar-refractivity contribution in [1.82, 2.24) is 24.6 Å². The van der Waals surface area contributed by atoms with E-state index in [1.54, 1.807) is 24.3 Å². The third kappa shape index (κ3) is 4.08. The van der Waals surface area contributed by atoms with Crippen LogP contribution >= 0.6 is 0 Å². The van der Waals surface area contributed by atoms with E-state index in [0.29, 0.717) is 24.2 Å². The van der Waals surface area contributed by atoms with Crippen LogP contribution in [0, 0.1) is 11.8 Å². The quantitative estimate of drug-likeness (QED) is 0.594. The molecule has 160 valence electrons. The molecule has 0 radical (unpaired) electrons. The van der Waals surface area contributed by atoms with E-state index in [9.17, 15) is 23.1 Å². The number of benzene rings is 1. The van der Waals surface area contributed by atoms with E-state index in [2.05, 4.69) is 26.9 Å². The van der Waals surface area contributed by atoms with Crippen molar-refractivity contribution < 1.29 is 23.1 Å². The van der Waals surface area contributed by atoms with Crippen LogP contribution in [0.3, 0.4) is 0 Å². The summed E-state index contributed by atoms with van der Waals surface area (Å²) >= 11 is 0. The minimum Gasteiger partial charge on any atom is -0.376 e. The van der Waals surface area contributed by atoms with Crippen molar-refractivity contribution in [2.45, 2.75) is 18.2 Å². The molecule has 3 aromatic rings. The first-order valence-corrected chi connectivity index (χ1v) is 9.23. The first-order chi connectivity index (χ1) is 14.6. The molecule has 1 amide bonds. The molecule has 0 spiro atoms. The van der Waals surface area contributed by atoms with Gasteiger partial charge in [-0.3, -0.25) is 4.79 Å². The highest BCUT2D eigenvalue weighted by Crippen LogP contribution is 2.29. The van der Waals surface area contributed by atoms with Crippen molar-refractivity contribution in [2.75, 3.05) is 20.1 Å². The maximum absolute atomic E-state index is 13.1. The van der Waals surface area contributed by atoms with Gasteiger partial charge in [0, 0.05) is 31.3 Å². The van der Waals surface area contributed by atoms with Crippen LogP contribution < -0.4 is 5.73 Å². The standard InChI is InChI=1S/C20H17F3N6O2/c1-28-8-7-19(31,11-28)6-5-12-3-2-4-13(9-12)29-17-14(15(27-29)16(24)30)10-25-18(26-17)20(21,22)23/h2-4,9-10,31H,7-8,11H2,1H3,(H2,24,30)/t19-/m0/s1. The average molecular weight is 430 g/mol. The Bertz CT molecular complexity index is 1240. The van der Waals surface area contributed by atoms with Crippen molar-refractivity contribution in [3.8, 4) is 17.5 Å². The lowest BCUT2D eigenvalue weighted by molar-refractivity contribution is -0.144. The number of hydrogen-bond acceptors (Lipinski definition) is 6. The Hall–Kier alpha value is -3.49. The molecular formula is C20H17F3N6O2. The molecule has 1 atom stereocenters. The monoisotopic (exact) mass is 430 g/mol. The molecule has 11 heteroatoms. The number of likely N-dealkylation sites (tertiary alicyclic amines) is 1. The van der Waals surface area contributed by atoms with E-state index in [1.807, 2.05) is 11.9 Å². The number of aliphatic hydroxyl groups is 1. The van der Waals surface area contributed by atoms with Crippen LogP contribution in [0.15, 0.2) is 30.5 Å². The largest absolute Gasteiger partial charge is 0.451 e. The van der Waals surface area contributed by atoms with E-state index in [4.69, 9.17) is 5.73 Å². The molecule has 0 unspecified atom stereocenters. The van der Waals surface area contributed by atoms with Gasteiger partial charge in [0.1, 0.15) is 5.60 Å². The van der Waals surface area contributed by atoms with E-state index < -0.39 is 23.5 Å². The zero-order chi connectivity index (χ0) is 22.4. The lowest BCUT2D eigenvalue weighted by Crippen LogP contribution is -2.29.